The number of alkyl halides is 1. The standard InChI is InChI=1S/C14H13FO2/c15-10-14(16)11-6-8-13(9-7-11)17-12-4-2-1-3-5-12/h1-9,14,16H,10H2. The Morgan fingerprint density at radius 1 is 0.941 bits per heavy atom. The van der Waals surface area contributed by atoms with Gasteiger partial charge in [-0.2, -0.15) is 0 Å². The molecule has 0 aliphatic heterocycles. The molecule has 0 amide bonds. The van der Waals surface area contributed by atoms with Crippen molar-refractivity contribution >= 4 is 0 Å². The zero-order valence-corrected chi connectivity index (χ0v) is 9.21. The highest BCUT2D eigenvalue weighted by atomic mass is 19.1. The van der Waals surface area contributed by atoms with Crippen LogP contribution in [0, 0.1) is 0 Å². The molecule has 1 unspecified atom stereocenters. The quantitative estimate of drug-likeness (QED) is 0.874. The van der Waals surface area contributed by atoms with Gasteiger partial charge in [0.2, 0.25) is 0 Å². The smallest absolute Gasteiger partial charge is 0.127 e. The van der Waals surface area contributed by atoms with Crippen LogP contribution in [-0.4, -0.2) is 11.8 Å². The van der Waals surface area contributed by atoms with Gasteiger partial charge >= 0.3 is 0 Å². The molecule has 2 aromatic carbocycles. The van der Waals surface area contributed by atoms with Crippen molar-refractivity contribution in [2.24, 2.45) is 0 Å². The van der Waals surface area contributed by atoms with E-state index >= 15 is 0 Å². The molecule has 0 spiro atoms. The SMILES string of the molecule is OC(CF)c1ccc(Oc2ccccc2)cc1. The van der Waals surface area contributed by atoms with Crippen molar-refractivity contribution in [1.29, 1.82) is 0 Å². The first kappa shape index (κ1) is 11.6. The van der Waals surface area contributed by atoms with Gasteiger partial charge in [0.15, 0.2) is 0 Å². The molecule has 0 radical (unpaired) electrons. The summed E-state index contributed by atoms with van der Waals surface area (Å²) in [5, 5.41) is 9.29. The Labute approximate surface area is 99.3 Å². The maximum absolute atomic E-state index is 12.2. The lowest BCUT2D eigenvalue weighted by atomic mass is 10.1. The first-order valence-corrected chi connectivity index (χ1v) is 5.36. The highest BCUT2D eigenvalue weighted by Crippen LogP contribution is 2.23. The van der Waals surface area contributed by atoms with E-state index < -0.39 is 12.8 Å². The van der Waals surface area contributed by atoms with Crippen LogP contribution in [-0.2, 0) is 0 Å². The average molecular weight is 232 g/mol. The summed E-state index contributed by atoms with van der Waals surface area (Å²) in [6.07, 6.45) is -1.05. The third-order valence-electron chi connectivity index (χ3n) is 2.39. The Bertz CT molecular complexity index is 453. The number of para-hydroxylation sites is 1. The molecule has 3 heteroatoms. The van der Waals surface area contributed by atoms with Crippen LogP contribution < -0.4 is 4.74 Å². The van der Waals surface area contributed by atoms with Crippen molar-refractivity contribution in [2.75, 3.05) is 6.67 Å². The topological polar surface area (TPSA) is 29.5 Å². The average Bonchev–Trinajstić information content (AvgIpc) is 2.40. The van der Waals surface area contributed by atoms with Crippen molar-refractivity contribution in [3.63, 3.8) is 0 Å². The fraction of sp³-hybridized carbons (Fsp3) is 0.143. The van der Waals surface area contributed by atoms with Crippen molar-refractivity contribution in [2.45, 2.75) is 6.10 Å². The van der Waals surface area contributed by atoms with Gasteiger partial charge in [0.1, 0.15) is 24.3 Å². The fourth-order valence-electron chi connectivity index (χ4n) is 1.47. The Morgan fingerprint density at radius 3 is 2.12 bits per heavy atom. The monoisotopic (exact) mass is 232 g/mol. The molecule has 0 saturated heterocycles. The number of halogens is 1. The van der Waals surface area contributed by atoms with Crippen LogP contribution in [0.25, 0.3) is 0 Å². The maximum Gasteiger partial charge on any atom is 0.127 e. The van der Waals surface area contributed by atoms with E-state index in [1.807, 2.05) is 30.3 Å². The molecule has 2 aromatic rings. The van der Waals surface area contributed by atoms with Crippen molar-refractivity contribution < 1.29 is 14.2 Å². The van der Waals surface area contributed by atoms with Gasteiger partial charge in [0, 0.05) is 0 Å². The molecular formula is C14H13FO2. The van der Waals surface area contributed by atoms with E-state index in [1.54, 1.807) is 24.3 Å². The second-order valence-corrected chi connectivity index (χ2v) is 3.65. The second-order valence-electron chi connectivity index (χ2n) is 3.65. The highest BCUT2D eigenvalue weighted by Gasteiger charge is 2.06. The molecule has 1 atom stereocenters. The summed E-state index contributed by atoms with van der Waals surface area (Å²) in [7, 11) is 0. The van der Waals surface area contributed by atoms with E-state index in [9.17, 15) is 9.50 Å². The molecule has 2 nitrogen and oxygen atoms in total. The predicted octanol–water partition coefficient (Wildman–Crippen LogP) is 3.48. The lowest BCUT2D eigenvalue weighted by Crippen LogP contribution is -1.98. The maximum atomic E-state index is 12.2. The predicted molar refractivity (Wildman–Crippen MR) is 63.9 cm³/mol. The molecule has 0 aliphatic rings. The number of aliphatic hydroxyl groups excluding tert-OH is 1. The highest BCUT2D eigenvalue weighted by molar-refractivity contribution is 5.33. The zero-order chi connectivity index (χ0) is 12.1. The van der Waals surface area contributed by atoms with E-state index in [2.05, 4.69) is 0 Å². The molecule has 2 rings (SSSR count). The zero-order valence-electron chi connectivity index (χ0n) is 9.21. The van der Waals surface area contributed by atoms with Crippen LogP contribution in [0.1, 0.15) is 11.7 Å². The third-order valence-corrected chi connectivity index (χ3v) is 2.39. The van der Waals surface area contributed by atoms with E-state index in [4.69, 9.17) is 4.74 Å². The Morgan fingerprint density at radius 2 is 1.53 bits per heavy atom. The number of benzene rings is 2. The van der Waals surface area contributed by atoms with Gasteiger partial charge in [0.05, 0.1) is 0 Å². The minimum absolute atomic E-state index is 0.549. The number of hydrogen-bond donors (Lipinski definition) is 1. The van der Waals surface area contributed by atoms with E-state index in [1.165, 1.54) is 0 Å². The first-order chi connectivity index (χ1) is 8.29. The molecule has 88 valence electrons. The van der Waals surface area contributed by atoms with Crippen molar-refractivity contribution in [1.82, 2.24) is 0 Å². The van der Waals surface area contributed by atoms with E-state index in [-0.39, 0.29) is 0 Å². The van der Waals surface area contributed by atoms with Crippen LogP contribution in [0.15, 0.2) is 54.6 Å². The fourth-order valence-corrected chi connectivity index (χ4v) is 1.47. The van der Waals surface area contributed by atoms with Crippen LogP contribution in [0.2, 0.25) is 0 Å². The van der Waals surface area contributed by atoms with Crippen LogP contribution in [0.3, 0.4) is 0 Å². The lowest BCUT2D eigenvalue weighted by Gasteiger charge is -2.08. The van der Waals surface area contributed by atoms with Gasteiger partial charge in [-0.15, -0.1) is 0 Å². The molecule has 0 bridgehead atoms. The third kappa shape index (κ3) is 3.04. The normalized spacial score (nSPS) is 12.1. The van der Waals surface area contributed by atoms with Gasteiger partial charge in [0.25, 0.3) is 0 Å². The van der Waals surface area contributed by atoms with Gasteiger partial charge in [-0.25, -0.2) is 4.39 Å². The number of ether oxygens (including phenoxy) is 1. The molecule has 17 heavy (non-hydrogen) atoms. The Kier molecular flexibility index (Phi) is 3.73. The summed E-state index contributed by atoms with van der Waals surface area (Å²) in [4.78, 5) is 0. The molecule has 0 fully saturated rings. The molecule has 0 aliphatic carbocycles. The molecular weight excluding hydrogens is 219 g/mol. The van der Waals surface area contributed by atoms with Gasteiger partial charge in [-0.3, -0.25) is 0 Å². The van der Waals surface area contributed by atoms with E-state index in [0.717, 1.165) is 5.75 Å². The van der Waals surface area contributed by atoms with Crippen LogP contribution in [0.5, 0.6) is 11.5 Å². The Balaban J connectivity index is 2.08. The first-order valence-electron chi connectivity index (χ1n) is 5.36. The summed E-state index contributed by atoms with van der Waals surface area (Å²) in [6.45, 7) is -0.779. The van der Waals surface area contributed by atoms with E-state index in [0.29, 0.717) is 11.3 Å². The summed E-state index contributed by atoms with van der Waals surface area (Å²) < 4.78 is 17.8. The number of rotatable bonds is 4. The van der Waals surface area contributed by atoms with Gasteiger partial charge in [-0.05, 0) is 29.8 Å². The summed E-state index contributed by atoms with van der Waals surface area (Å²) in [5.41, 5.74) is 0.549. The largest absolute Gasteiger partial charge is 0.457 e. The van der Waals surface area contributed by atoms with Crippen molar-refractivity contribution in [3.05, 3.63) is 60.2 Å². The number of hydrogen-bond acceptors (Lipinski definition) is 2. The van der Waals surface area contributed by atoms with Crippen LogP contribution >= 0.6 is 0 Å². The molecule has 1 N–H and O–H groups in total. The summed E-state index contributed by atoms with van der Waals surface area (Å²) in [5.74, 6) is 1.40. The summed E-state index contributed by atoms with van der Waals surface area (Å²) in [6, 6.07) is 16.1. The molecule has 0 saturated carbocycles. The summed E-state index contributed by atoms with van der Waals surface area (Å²) >= 11 is 0. The Hall–Kier alpha value is -1.87. The minimum Gasteiger partial charge on any atom is -0.457 e. The van der Waals surface area contributed by atoms with Gasteiger partial charge < -0.3 is 9.84 Å². The minimum atomic E-state index is -1.05. The van der Waals surface area contributed by atoms with Gasteiger partial charge in [-0.1, -0.05) is 30.3 Å². The molecule has 0 aromatic heterocycles. The lowest BCUT2D eigenvalue weighted by molar-refractivity contribution is 0.141. The van der Waals surface area contributed by atoms with Crippen LogP contribution in [0.4, 0.5) is 4.39 Å². The number of aliphatic hydroxyl groups is 1. The second kappa shape index (κ2) is 5.46. The molecule has 0 heterocycles. The van der Waals surface area contributed by atoms with Crippen molar-refractivity contribution in [3.8, 4) is 11.5 Å².